The van der Waals surface area contributed by atoms with Crippen molar-refractivity contribution in [1.29, 1.82) is 0 Å². The quantitative estimate of drug-likeness (QED) is 0.767. The van der Waals surface area contributed by atoms with Crippen molar-refractivity contribution in [3.8, 4) is 0 Å². The SMILES string of the molecule is CN(C)[C@@H](c1ccccc1)[C@H](O)C(=O)O. The first-order valence-electron chi connectivity index (χ1n) is 4.66. The van der Waals surface area contributed by atoms with Crippen molar-refractivity contribution in [1.82, 2.24) is 4.90 Å². The Balaban J connectivity index is 2.99. The minimum absolute atomic E-state index is 0.524. The van der Waals surface area contributed by atoms with Crippen LogP contribution in [0.15, 0.2) is 30.3 Å². The predicted molar refractivity (Wildman–Crippen MR) is 56.5 cm³/mol. The normalized spacial score (nSPS) is 14.9. The third kappa shape index (κ3) is 2.78. The highest BCUT2D eigenvalue weighted by atomic mass is 16.4. The van der Waals surface area contributed by atoms with Crippen LogP contribution < -0.4 is 0 Å². The van der Waals surface area contributed by atoms with Gasteiger partial charge < -0.3 is 10.2 Å². The monoisotopic (exact) mass is 209 g/mol. The number of hydrogen-bond acceptors (Lipinski definition) is 3. The molecule has 2 atom stereocenters. The van der Waals surface area contributed by atoms with E-state index in [1.807, 2.05) is 18.2 Å². The summed E-state index contributed by atoms with van der Waals surface area (Å²) in [5.74, 6) is -1.21. The fourth-order valence-electron chi connectivity index (χ4n) is 1.55. The van der Waals surface area contributed by atoms with Crippen molar-refractivity contribution in [3.05, 3.63) is 35.9 Å². The molecular weight excluding hydrogens is 194 g/mol. The topological polar surface area (TPSA) is 60.8 Å². The summed E-state index contributed by atoms with van der Waals surface area (Å²) in [4.78, 5) is 12.4. The second kappa shape index (κ2) is 4.91. The number of carboxylic acid groups (broad SMARTS) is 1. The number of rotatable bonds is 4. The number of benzene rings is 1. The first-order valence-corrected chi connectivity index (χ1v) is 4.66. The van der Waals surface area contributed by atoms with Crippen LogP contribution >= 0.6 is 0 Å². The summed E-state index contributed by atoms with van der Waals surface area (Å²) >= 11 is 0. The zero-order valence-corrected chi connectivity index (χ0v) is 8.79. The molecule has 0 spiro atoms. The van der Waals surface area contributed by atoms with Gasteiger partial charge in [0.05, 0.1) is 6.04 Å². The third-order valence-electron chi connectivity index (χ3n) is 2.25. The second-order valence-corrected chi connectivity index (χ2v) is 3.60. The van der Waals surface area contributed by atoms with Gasteiger partial charge in [0, 0.05) is 0 Å². The van der Waals surface area contributed by atoms with Crippen molar-refractivity contribution in [3.63, 3.8) is 0 Å². The minimum Gasteiger partial charge on any atom is -0.479 e. The number of hydrogen-bond donors (Lipinski definition) is 2. The molecule has 0 aromatic heterocycles. The number of carboxylic acids is 1. The Hall–Kier alpha value is -1.39. The maximum absolute atomic E-state index is 10.7. The van der Waals surface area contributed by atoms with Crippen LogP contribution in [0.25, 0.3) is 0 Å². The lowest BCUT2D eigenvalue weighted by molar-refractivity contribution is -0.150. The minimum atomic E-state index is -1.41. The van der Waals surface area contributed by atoms with Gasteiger partial charge in [-0.15, -0.1) is 0 Å². The molecule has 4 heteroatoms. The maximum atomic E-state index is 10.7. The standard InChI is InChI=1S/C11H15NO3/c1-12(2)9(10(13)11(14)15)8-6-4-3-5-7-8/h3-7,9-10,13H,1-2H3,(H,14,15)/t9-,10-/m0/s1. The predicted octanol–water partition coefficient (Wildman–Crippen LogP) is 0.735. The second-order valence-electron chi connectivity index (χ2n) is 3.60. The molecule has 15 heavy (non-hydrogen) atoms. The van der Waals surface area contributed by atoms with Crippen LogP contribution in [0.2, 0.25) is 0 Å². The molecule has 2 N–H and O–H groups in total. The van der Waals surface area contributed by atoms with Crippen molar-refractivity contribution in [2.75, 3.05) is 14.1 Å². The molecule has 0 fully saturated rings. The molecule has 1 rings (SSSR count). The highest BCUT2D eigenvalue weighted by Gasteiger charge is 2.28. The van der Waals surface area contributed by atoms with Gasteiger partial charge in [-0.05, 0) is 19.7 Å². The summed E-state index contributed by atoms with van der Waals surface area (Å²) in [5, 5.41) is 18.4. The number of nitrogens with zero attached hydrogens (tertiary/aromatic N) is 1. The summed E-state index contributed by atoms with van der Waals surface area (Å²) in [6.45, 7) is 0. The Morgan fingerprint density at radius 3 is 2.20 bits per heavy atom. The van der Waals surface area contributed by atoms with E-state index < -0.39 is 18.1 Å². The molecule has 0 amide bonds. The summed E-state index contributed by atoms with van der Waals surface area (Å²) in [5.41, 5.74) is 0.789. The van der Waals surface area contributed by atoms with Crippen LogP contribution in [-0.4, -0.2) is 41.3 Å². The number of carbonyl (C=O) groups is 1. The van der Waals surface area contributed by atoms with E-state index in [9.17, 15) is 9.90 Å². The molecule has 4 nitrogen and oxygen atoms in total. The first-order chi connectivity index (χ1) is 7.04. The van der Waals surface area contributed by atoms with Gasteiger partial charge >= 0.3 is 5.97 Å². The molecule has 0 aliphatic rings. The van der Waals surface area contributed by atoms with Gasteiger partial charge in [0.25, 0.3) is 0 Å². The first kappa shape index (κ1) is 11.7. The molecule has 0 saturated heterocycles. The van der Waals surface area contributed by atoms with Gasteiger partial charge in [0.2, 0.25) is 0 Å². The highest BCUT2D eigenvalue weighted by Crippen LogP contribution is 2.21. The van der Waals surface area contributed by atoms with Crippen molar-refractivity contribution >= 4 is 5.97 Å². The van der Waals surface area contributed by atoms with Crippen LogP contribution in [0, 0.1) is 0 Å². The van der Waals surface area contributed by atoms with Crippen molar-refractivity contribution < 1.29 is 15.0 Å². The van der Waals surface area contributed by atoms with E-state index in [2.05, 4.69) is 0 Å². The Labute approximate surface area is 88.8 Å². The zero-order chi connectivity index (χ0) is 11.4. The molecule has 0 heterocycles. The Morgan fingerprint density at radius 1 is 1.27 bits per heavy atom. The fourth-order valence-corrected chi connectivity index (χ4v) is 1.55. The molecule has 0 bridgehead atoms. The van der Waals surface area contributed by atoms with Gasteiger partial charge in [-0.3, -0.25) is 4.90 Å². The third-order valence-corrected chi connectivity index (χ3v) is 2.25. The van der Waals surface area contributed by atoms with Gasteiger partial charge in [-0.2, -0.15) is 0 Å². The summed E-state index contributed by atoms with van der Waals surface area (Å²) in [6, 6.07) is 8.57. The van der Waals surface area contributed by atoms with E-state index in [0.717, 1.165) is 5.56 Å². The summed E-state index contributed by atoms with van der Waals surface area (Å²) < 4.78 is 0. The number of likely N-dealkylation sites (N-methyl/N-ethyl adjacent to an activating group) is 1. The lowest BCUT2D eigenvalue weighted by Crippen LogP contribution is -2.36. The number of aliphatic hydroxyl groups excluding tert-OH is 1. The van der Waals surface area contributed by atoms with Gasteiger partial charge in [-0.1, -0.05) is 30.3 Å². The highest BCUT2D eigenvalue weighted by molar-refractivity contribution is 5.73. The van der Waals surface area contributed by atoms with Crippen LogP contribution in [-0.2, 0) is 4.79 Å². The molecule has 0 radical (unpaired) electrons. The van der Waals surface area contributed by atoms with Crippen molar-refractivity contribution in [2.45, 2.75) is 12.1 Å². The van der Waals surface area contributed by atoms with E-state index in [1.54, 1.807) is 31.1 Å². The molecule has 0 aliphatic carbocycles. The molecule has 1 aromatic carbocycles. The van der Waals surface area contributed by atoms with Crippen LogP contribution in [0.1, 0.15) is 11.6 Å². The van der Waals surface area contributed by atoms with Crippen LogP contribution in [0.5, 0.6) is 0 Å². The van der Waals surface area contributed by atoms with E-state index in [1.165, 1.54) is 0 Å². The number of aliphatic carboxylic acids is 1. The smallest absolute Gasteiger partial charge is 0.334 e. The number of aliphatic hydroxyl groups is 1. The van der Waals surface area contributed by atoms with Crippen LogP contribution in [0.3, 0.4) is 0 Å². The summed E-state index contributed by atoms with van der Waals surface area (Å²) in [6.07, 6.45) is -1.41. The van der Waals surface area contributed by atoms with Crippen molar-refractivity contribution in [2.24, 2.45) is 0 Å². The molecule has 0 saturated carbocycles. The average molecular weight is 209 g/mol. The lowest BCUT2D eigenvalue weighted by Gasteiger charge is -2.26. The lowest BCUT2D eigenvalue weighted by atomic mass is 10.0. The fraction of sp³-hybridized carbons (Fsp3) is 0.364. The Bertz CT molecular complexity index is 324. The van der Waals surface area contributed by atoms with Gasteiger partial charge in [0.15, 0.2) is 6.10 Å². The van der Waals surface area contributed by atoms with Gasteiger partial charge in [0.1, 0.15) is 0 Å². The zero-order valence-electron chi connectivity index (χ0n) is 8.79. The average Bonchev–Trinajstić information content (AvgIpc) is 2.18. The van der Waals surface area contributed by atoms with E-state index in [-0.39, 0.29) is 0 Å². The van der Waals surface area contributed by atoms with E-state index in [4.69, 9.17) is 5.11 Å². The van der Waals surface area contributed by atoms with Crippen LogP contribution in [0.4, 0.5) is 0 Å². The Kier molecular flexibility index (Phi) is 3.82. The maximum Gasteiger partial charge on any atom is 0.334 e. The largest absolute Gasteiger partial charge is 0.479 e. The van der Waals surface area contributed by atoms with Gasteiger partial charge in [-0.25, -0.2) is 4.79 Å². The molecule has 82 valence electrons. The Morgan fingerprint density at radius 2 is 1.80 bits per heavy atom. The molecule has 0 unspecified atom stereocenters. The molecule has 0 aliphatic heterocycles. The molecule has 1 aromatic rings. The molecular formula is C11H15NO3. The van der Waals surface area contributed by atoms with E-state index >= 15 is 0 Å². The van der Waals surface area contributed by atoms with E-state index in [0.29, 0.717) is 0 Å². The summed E-state index contributed by atoms with van der Waals surface area (Å²) in [7, 11) is 3.48.